The third-order valence-electron chi connectivity index (χ3n) is 5.97. The molecule has 28 heavy (non-hydrogen) atoms. The summed E-state index contributed by atoms with van der Waals surface area (Å²) in [6.45, 7) is 5.64. The van der Waals surface area contributed by atoms with Gasteiger partial charge in [0.05, 0.1) is 6.61 Å². The number of nitrogens with zero attached hydrogens (tertiary/aromatic N) is 2. The van der Waals surface area contributed by atoms with E-state index in [-0.39, 0.29) is 5.96 Å². The van der Waals surface area contributed by atoms with Crippen LogP contribution in [0.3, 0.4) is 0 Å². The summed E-state index contributed by atoms with van der Waals surface area (Å²) >= 11 is 0. The number of likely N-dealkylation sites (tertiary alicyclic amines) is 1. The van der Waals surface area contributed by atoms with Crippen LogP contribution in [-0.4, -0.2) is 42.0 Å². The standard InChI is InChI=1S/C23H30N4O/c24-23(25)27-13-10-20-6-7-22(14-21(20)16-27)28-17-19-8-11-26(12-9-19)15-18-4-2-1-3-5-18/h1-7,14,19H,8-13,15-17H2,(H3,24,25). The van der Waals surface area contributed by atoms with Crippen molar-refractivity contribution in [2.24, 2.45) is 11.7 Å². The average Bonchev–Trinajstić information content (AvgIpc) is 2.73. The van der Waals surface area contributed by atoms with Crippen molar-refractivity contribution in [2.45, 2.75) is 32.4 Å². The van der Waals surface area contributed by atoms with E-state index in [1.54, 1.807) is 0 Å². The lowest BCUT2D eigenvalue weighted by molar-refractivity contribution is 0.136. The Labute approximate surface area is 167 Å². The summed E-state index contributed by atoms with van der Waals surface area (Å²) in [5, 5.41) is 7.65. The van der Waals surface area contributed by atoms with Gasteiger partial charge >= 0.3 is 0 Å². The van der Waals surface area contributed by atoms with Gasteiger partial charge in [-0.1, -0.05) is 36.4 Å². The molecule has 148 valence electrons. The maximum atomic E-state index is 7.65. The van der Waals surface area contributed by atoms with Crippen molar-refractivity contribution < 1.29 is 4.74 Å². The summed E-state index contributed by atoms with van der Waals surface area (Å²) in [6.07, 6.45) is 3.32. The van der Waals surface area contributed by atoms with Gasteiger partial charge < -0.3 is 15.4 Å². The highest BCUT2D eigenvalue weighted by Crippen LogP contribution is 2.25. The molecule has 0 bridgehead atoms. The van der Waals surface area contributed by atoms with Gasteiger partial charge in [0, 0.05) is 19.6 Å². The van der Waals surface area contributed by atoms with Gasteiger partial charge in [-0.2, -0.15) is 0 Å². The van der Waals surface area contributed by atoms with E-state index in [0.717, 1.165) is 45.0 Å². The van der Waals surface area contributed by atoms with Crippen molar-refractivity contribution in [3.05, 3.63) is 65.2 Å². The van der Waals surface area contributed by atoms with Gasteiger partial charge in [-0.15, -0.1) is 0 Å². The van der Waals surface area contributed by atoms with Crippen LogP contribution in [0.4, 0.5) is 0 Å². The second kappa shape index (κ2) is 8.65. The minimum absolute atomic E-state index is 0.152. The Morgan fingerprint density at radius 2 is 1.82 bits per heavy atom. The Balaban J connectivity index is 1.25. The third-order valence-corrected chi connectivity index (χ3v) is 5.97. The Hall–Kier alpha value is -2.53. The average molecular weight is 379 g/mol. The van der Waals surface area contributed by atoms with Crippen LogP contribution in [0.25, 0.3) is 0 Å². The SMILES string of the molecule is N=C(N)N1CCc2ccc(OCC3CCN(Cc4ccccc4)CC3)cc2C1. The molecule has 5 nitrogen and oxygen atoms in total. The lowest BCUT2D eigenvalue weighted by atomic mass is 9.97. The monoisotopic (exact) mass is 378 g/mol. The van der Waals surface area contributed by atoms with Crippen LogP contribution in [0.1, 0.15) is 29.5 Å². The van der Waals surface area contributed by atoms with Crippen molar-refractivity contribution >= 4 is 5.96 Å². The number of rotatable bonds is 5. The van der Waals surface area contributed by atoms with E-state index in [1.165, 1.54) is 29.5 Å². The summed E-state index contributed by atoms with van der Waals surface area (Å²) in [5.74, 6) is 1.71. The number of fused-ring (bicyclic) bond motifs is 1. The van der Waals surface area contributed by atoms with Crippen LogP contribution in [0.15, 0.2) is 48.5 Å². The second-order valence-corrected chi connectivity index (χ2v) is 8.00. The first-order chi connectivity index (χ1) is 13.7. The summed E-state index contributed by atoms with van der Waals surface area (Å²) in [4.78, 5) is 4.45. The van der Waals surface area contributed by atoms with Gasteiger partial charge in [0.2, 0.25) is 0 Å². The molecule has 4 rings (SSSR count). The van der Waals surface area contributed by atoms with E-state index < -0.39 is 0 Å². The van der Waals surface area contributed by atoms with Crippen LogP contribution in [0.2, 0.25) is 0 Å². The highest BCUT2D eigenvalue weighted by atomic mass is 16.5. The first kappa shape index (κ1) is 18.8. The smallest absolute Gasteiger partial charge is 0.188 e. The van der Waals surface area contributed by atoms with Crippen LogP contribution in [0.5, 0.6) is 5.75 Å². The first-order valence-electron chi connectivity index (χ1n) is 10.3. The van der Waals surface area contributed by atoms with Gasteiger partial charge in [-0.3, -0.25) is 10.3 Å². The van der Waals surface area contributed by atoms with Crippen LogP contribution < -0.4 is 10.5 Å². The molecular formula is C23H30N4O. The molecule has 3 N–H and O–H groups in total. The number of hydrogen-bond acceptors (Lipinski definition) is 3. The van der Waals surface area contributed by atoms with Crippen molar-refractivity contribution in [1.82, 2.24) is 9.80 Å². The number of nitrogens with one attached hydrogen (secondary N) is 1. The number of ether oxygens (including phenoxy) is 1. The molecule has 0 amide bonds. The van der Waals surface area contributed by atoms with E-state index in [0.29, 0.717) is 12.5 Å². The normalized spacial score (nSPS) is 17.9. The lowest BCUT2D eigenvalue weighted by Gasteiger charge is -2.32. The molecule has 2 aromatic rings. The predicted molar refractivity (Wildman–Crippen MR) is 112 cm³/mol. The van der Waals surface area contributed by atoms with Crippen molar-refractivity contribution in [3.8, 4) is 5.75 Å². The van der Waals surface area contributed by atoms with Crippen molar-refractivity contribution in [2.75, 3.05) is 26.2 Å². The second-order valence-electron chi connectivity index (χ2n) is 8.00. The largest absolute Gasteiger partial charge is 0.493 e. The van der Waals surface area contributed by atoms with Crippen molar-refractivity contribution in [3.63, 3.8) is 0 Å². The van der Waals surface area contributed by atoms with E-state index in [9.17, 15) is 0 Å². The van der Waals surface area contributed by atoms with Gasteiger partial charge in [0.25, 0.3) is 0 Å². The molecule has 5 heteroatoms. The van der Waals surface area contributed by atoms with Crippen LogP contribution >= 0.6 is 0 Å². The highest BCUT2D eigenvalue weighted by molar-refractivity contribution is 5.75. The van der Waals surface area contributed by atoms with E-state index in [1.807, 2.05) is 4.90 Å². The van der Waals surface area contributed by atoms with E-state index >= 15 is 0 Å². The Morgan fingerprint density at radius 3 is 2.57 bits per heavy atom. The Morgan fingerprint density at radius 1 is 1.04 bits per heavy atom. The van der Waals surface area contributed by atoms with Crippen molar-refractivity contribution in [1.29, 1.82) is 5.41 Å². The first-order valence-corrected chi connectivity index (χ1v) is 10.3. The zero-order valence-corrected chi connectivity index (χ0v) is 16.4. The molecule has 2 aromatic carbocycles. The molecule has 0 aromatic heterocycles. The fourth-order valence-corrected chi connectivity index (χ4v) is 4.20. The van der Waals surface area contributed by atoms with Gasteiger partial charge in [0.1, 0.15) is 5.75 Å². The van der Waals surface area contributed by atoms with E-state index in [4.69, 9.17) is 15.9 Å². The number of benzene rings is 2. The molecular weight excluding hydrogens is 348 g/mol. The third kappa shape index (κ3) is 4.65. The summed E-state index contributed by atoms with van der Waals surface area (Å²) in [5.41, 5.74) is 9.63. The molecule has 0 atom stereocenters. The molecule has 2 aliphatic rings. The topological polar surface area (TPSA) is 65.6 Å². The van der Waals surface area contributed by atoms with Gasteiger partial charge in [-0.25, -0.2) is 0 Å². The number of hydrogen-bond donors (Lipinski definition) is 2. The molecule has 0 saturated carbocycles. The zero-order chi connectivity index (χ0) is 19.3. The predicted octanol–water partition coefficient (Wildman–Crippen LogP) is 3.23. The fourth-order valence-electron chi connectivity index (χ4n) is 4.20. The summed E-state index contributed by atoms with van der Waals surface area (Å²) in [6, 6.07) is 17.1. The van der Waals surface area contributed by atoms with Crippen LogP contribution in [0, 0.1) is 11.3 Å². The minimum Gasteiger partial charge on any atom is -0.493 e. The molecule has 0 unspecified atom stereocenters. The quantitative estimate of drug-likeness (QED) is 0.619. The molecule has 0 radical (unpaired) electrons. The molecule has 0 spiro atoms. The summed E-state index contributed by atoms with van der Waals surface area (Å²) < 4.78 is 6.14. The molecule has 1 fully saturated rings. The van der Waals surface area contributed by atoms with Gasteiger partial charge in [0.15, 0.2) is 5.96 Å². The maximum absolute atomic E-state index is 7.65. The number of piperidine rings is 1. The highest BCUT2D eigenvalue weighted by Gasteiger charge is 2.21. The Bertz CT molecular complexity index is 800. The van der Waals surface area contributed by atoms with Gasteiger partial charge in [-0.05, 0) is 67.1 Å². The minimum atomic E-state index is 0.152. The molecule has 2 aliphatic heterocycles. The fraction of sp³-hybridized carbons (Fsp3) is 0.435. The summed E-state index contributed by atoms with van der Waals surface area (Å²) in [7, 11) is 0. The number of guanidine groups is 1. The lowest BCUT2D eigenvalue weighted by Crippen LogP contribution is -2.40. The maximum Gasteiger partial charge on any atom is 0.188 e. The zero-order valence-electron chi connectivity index (χ0n) is 16.4. The molecule has 2 heterocycles. The molecule has 0 aliphatic carbocycles. The van der Waals surface area contributed by atoms with Crippen LogP contribution in [-0.2, 0) is 19.5 Å². The number of nitrogens with two attached hydrogens (primary N) is 1. The molecule has 1 saturated heterocycles. The van der Waals surface area contributed by atoms with E-state index in [2.05, 4.69) is 53.4 Å². The Kier molecular flexibility index (Phi) is 5.81.